The van der Waals surface area contributed by atoms with Crippen LogP contribution in [0.25, 0.3) is 0 Å². The van der Waals surface area contributed by atoms with Crippen molar-refractivity contribution < 1.29 is 14.7 Å². The summed E-state index contributed by atoms with van der Waals surface area (Å²) in [6.45, 7) is 0.580. The van der Waals surface area contributed by atoms with Crippen LogP contribution >= 0.6 is 23.2 Å². The SMILES string of the molecule is O=C(O)CC(=O)N1CCCC1c1ccc(Cl)c(Cl)c1. The smallest absolute Gasteiger partial charge is 0.312 e. The minimum absolute atomic E-state index is 0.110. The highest BCUT2D eigenvalue weighted by atomic mass is 35.5. The molecule has 1 N–H and O–H groups in total. The van der Waals surface area contributed by atoms with Crippen LogP contribution in [0.15, 0.2) is 18.2 Å². The topological polar surface area (TPSA) is 57.6 Å². The first-order valence-electron chi connectivity index (χ1n) is 5.95. The van der Waals surface area contributed by atoms with Gasteiger partial charge in [-0.15, -0.1) is 0 Å². The fourth-order valence-corrected chi connectivity index (χ4v) is 2.67. The Hall–Kier alpha value is -1.26. The van der Waals surface area contributed by atoms with E-state index in [1.54, 1.807) is 17.0 Å². The molecule has 0 aliphatic carbocycles. The molecular weight excluding hydrogens is 289 g/mol. The number of likely N-dealkylation sites (tertiary alicyclic amines) is 1. The second-order valence-electron chi connectivity index (χ2n) is 4.49. The van der Waals surface area contributed by atoms with E-state index < -0.39 is 12.4 Å². The average Bonchev–Trinajstić information content (AvgIpc) is 2.81. The number of amides is 1. The molecule has 1 atom stereocenters. The van der Waals surface area contributed by atoms with Crippen LogP contribution in [0, 0.1) is 0 Å². The molecule has 1 saturated heterocycles. The maximum absolute atomic E-state index is 11.9. The fourth-order valence-electron chi connectivity index (χ4n) is 2.36. The van der Waals surface area contributed by atoms with Crippen LogP contribution in [0.4, 0.5) is 0 Å². The summed E-state index contributed by atoms with van der Waals surface area (Å²) >= 11 is 11.8. The monoisotopic (exact) mass is 301 g/mol. The number of rotatable bonds is 3. The molecule has 0 spiro atoms. The van der Waals surface area contributed by atoms with Crippen molar-refractivity contribution in [2.24, 2.45) is 0 Å². The highest BCUT2D eigenvalue weighted by Crippen LogP contribution is 2.35. The number of aliphatic carboxylic acids is 1. The summed E-state index contributed by atoms with van der Waals surface area (Å²) in [5, 5.41) is 9.60. The minimum atomic E-state index is -1.11. The number of carboxylic acid groups (broad SMARTS) is 1. The molecule has 0 radical (unpaired) electrons. The van der Waals surface area contributed by atoms with Crippen molar-refractivity contribution in [2.45, 2.75) is 25.3 Å². The normalized spacial score (nSPS) is 18.6. The molecule has 1 aliphatic heterocycles. The standard InChI is InChI=1S/C13H13Cl2NO3/c14-9-4-3-8(6-10(9)15)11-2-1-5-16(11)12(17)7-13(18)19/h3-4,6,11H,1-2,5,7H2,(H,18,19). The van der Waals surface area contributed by atoms with Crippen LogP contribution < -0.4 is 0 Å². The van der Waals surface area contributed by atoms with Gasteiger partial charge in [-0.25, -0.2) is 0 Å². The lowest BCUT2D eigenvalue weighted by atomic mass is 10.0. The highest BCUT2D eigenvalue weighted by Gasteiger charge is 2.30. The summed E-state index contributed by atoms with van der Waals surface area (Å²) in [5.74, 6) is -1.47. The number of carbonyl (C=O) groups is 2. The zero-order chi connectivity index (χ0) is 14.0. The van der Waals surface area contributed by atoms with Crippen molar-refractivity contribution in [3.8, 4) is 0 Å². The Bertz CT molecular complexity index is 519. The van der Waals surface area contributed by atoms with Gasteiger partial charge < -0.3 is 10.0 Å². The van der Waals surface area contributed by atoms with Gasteiger partial charge in [-0.3, -0.25) is 9.59 Å². The van der Waals surface area contributed by atoms with Crippen LogP contribution in [0.1, 0.15) is 30.9 Å². The molecule has 6 heteroatoms. The third kappa shape index (κ3) is 3.19. The summed E-state index contributed by atoms with van der Waals surface area (Å²) in [6, 6.07) is 5.14. The molecule has 1 fully saturated rings. The minimum Gasteiger partial charge on any atom is -0.481 e. The van der Waals surface area contributed by atoms with Crippen molar-refractivity contribution in [1.29, 1.82) is 0 Å². The second-order valence-corrected chi connectivity index (χ2v) is 5.30. The largest absolute Gasteiger partial charge is 0.481 e. The third-order valence-electron chi connectivity index (χ3n) is 3.20. The number of carboxylic acids is 1. The van der Waals surface area contributed by atoms with E-state index in [0.717, 1.165) is 18.4 Å². The lowest BCUT2D eigenvalue weighted by molar-refractivity contribution is -0.144. The van der Waals surface area contributed by atoms with E-state index in [2.05, 4.69) is 0 Å². The molecule has 1 unspecified atom stereocenters. The van der Waals surface area contributed by atoms with Crippen LogP contribution in [0.3, 0.4) is 0 Å². The molecule has 1 amide bonds. The summed E-state index contributed by atoms with van der Waals surface area (Å²) in [4.78, 5) is 24.1. The molecule has 1 aromatic rings. The first kappa shape index (κ1) is 14.2. The highest BCUT2D eigenvalue weighted by molar-refractivity contribution is 6.42. The molecule has 1 heterocycles. The van der Waals surface area contributed by atoms with Gasteiger partial charge in [-0.1, -0.05) is 29.3 Å². The Balaban J connectivity index is 2.20. The van der Waals surface area contributed by atoms with Crippen LogP contribution in [-0.4, -0.2) is 28.4 Å². The lowest BCUT2D eigenvalue weighted by Gasteiger charge is -2.24. The van der Waals surface area contributed by atoms with Crippen molar-refractivity contribution in [1.82, 2.24) is 4.90 Å². The van der Waals surface area contributed by atoms with Crippen molar-refractivity contribution in [3.63, 3.8) is 0 Å². The number of carbonyl (C=O) groups excluding carboxylic acids is 1. The number of nitrogens with zero attached hydrogens (tertiary/aromatic N) is 1. The summed E-state index contributed by atoms with van der Waals surface area (Å²) < 4.78 is 0. The Morgan fingerprint density at radius 1 is 1.32 bits per heavy atom. The first-order valence-corrected chi connectivity index (χ1v) is 6.71. The molecule has 4 nitrogen and oxygen atoms in total. The molecule has 1 aromatic carbocycles. The van der Waals surface area contributed by atoms with Crippen LogP contribution in [-0.2, 0) is 9.59 Å². The number of benzene rings is 1. The van der Waals surface area contributed by atoms with Gasteiger partial charge in [0.1, 0.15) is 6.42 Å². The summed E-state index contributed by atoms with van der Waals surface area (Å²) in [6.07, 6.45) is 1.19. The predicted octanol–water partition coefficient (Wildman–Crippen LogP) is 3.13. The quantitative estimate of drug-likeness (QED) is 0.873. The molecule has 0 bridgehead atoms. The van der Waals surface area contributed by atoms with Gasteiger partial charge in [0.25, 0.3) is 0 Å². The lowest BCUT2D eigenvalue weighted by Crippen LogP contribution is -2.31. The van der Waals surface area contributed by atoms with Crippen LogP contribution in [0.5, 0.6) is 0 Å². The van der Waals surface area contributed by atoms with E-state index in [9.17, 15) is 9.59 Å². The zero-order valence-electron chi connectivity index (χ0n) is 10.1. The van der Waals surface area contributed by atoms with Gasteiger partial charge in [-0.05, 0) is 30.5 Å². The average molecular weight is 302 g/mol. The van der Waals surface area contributed by atoms with Gasteiger partial charge in [0, 0.05) is 6.54 Å². The van der Waals surface area contributed by atoms with E-state index >= 15 is 0 Å². The molecule has 1 aliphatic rings. The Kier molecular flexibility index (Phi) is 4.32. The van der Waals surface area contributed by atoms with E-state index in [4.69, 9.17) is 28.3 Å². The predicted molar refractivity (Wildman–Crippen MR) is 72.4 cm³/mol. The van der Waals surface area contributed by atoms with Crippen molar-refractivity contribution >= 4 is 35.1 Å². The molecule has 102 valence electrons. The molecule has 2 rings (SSSR count). The van der Waals surface area contributed by atoms with Gasteiger partial charge >= 0.3 is 5.97 Å². The van der Waals surface area contributed by atoms with Crippen molar-refractivity contribution in [2.75, 3.05) is 6.54 Å². The summed E-state index contributed by atoms with van der Waals surface area (Å²) in [7, 11) is 0. The van der Waals surface area contributed by atoms with Gasteiger partial charge in [0.15, 0.2) is 0 Å². The number of hydrogen-bond acceptors (Lipinski definition) is 2. The Morgan fingerprint density at radius 2 is 2.05 bits per heavy atom. The van der Waals surface area contributed by atoms with E-state index in [1.165, 1.54) is 0 Å². The van der Waals surface area contributed by atoms with Gasteiger partial charge in [0.05, 0.1) is 16.1 Å². The first-order chi connectivity index (χ1) is 8.99. The number of hydrogen-bond donors (Lipinski definition) is 1. The molecule has 19 heavy (non-hydrogen) atoms. The fraction of sp³-hybridized carbons (Fsp3) is 0.385. The number of halogens is 2. The molecular formula is C13H13Cl2NO3. The van der Waals surface area contributed by atoms with Crippen LogP contribution in [0.2, 0.25) is 10.0 Å². The van der Waals surface area contributed by atoms with E-state index in [0.29, 0.717) is 16.6 Å². The van der Waals surface area contributed by atoms with Gasteiger partial charge in [0.2, 0.25) is 5.91 Å². The maximum atomic E-state index is 11.9. The zero-order valence-corrected chi connectivity index (χ0v) is 11.6. The second kappa shape index (κ2) is 5.80. The maximum Gasteiger partial charge on any atom is 0.312 e. The van der Waals surface area contributed by atoms with Crippen molar-refractivity contribution in [3.05, 3.63) is 33.8 Å². The van der Waals surface area contributed by atoms with Gasteiger partial charge in [-0.2, -0.15) is 0 Å². The van der Waals surface area contributed by atoms with E-state index in [-0.39, 0.29) is 11.9 Å². The molecule has 0 saturated carbocycles. The Morgan fingerprint density at radius 3 is 2.68 bits per heavy atom. The Labute approximate surface area is 120 Å². The van der Waals surface area contributed by atoms with E-state index in [1.807, 2.05) is 6.07 Å². The summed E-state index contributed by atoms with van der Waals surface area (Å²) in [5.41, 5.74) is 0.894. The third-order valence-corrected chi connectivity index (χ3v) is 3.94. The molecule has 0 aromatic heterocycles.